The molecule has 0 spiro atoms. The lowest BCUT2D eigenvalue weighted by Crippen LogP contribution is -2.61. The van der Waals surface area contributed by atoms with E-state index >= 15 is 0 Å². The molecule has 1 aliphatic rings. The molecule has 0 aliphatic heterocycles. The summed E-state index contributed by atoms with van der Waals surface area (Å²) >= 11 is 0. The number of hydrogen-bond acceptors (Lipinski definition) is 2. The number of aryl methyl sites for hydroxylation is 4. The van der Waals surface area contributed by atoms with Crippen LogP contribution in [0.2, 0.25) is 0 Å². The lowest BCUT2D eigenvalue weighted by Gasteiger charge is -2.52. The summed E-state index contributed by atoms with van der Waals surface area (Å²) in [4.78, 5) is 24.7. The van der Waals surface area contributed by atoms with E-state index in [0.29, 0.717) is 12.5 Å². The number of benzene rings is 2. The molecule has 3 rings (SSSR count). The lowest BCUT2D eigenvalue weighted by atomic mass is 9.58. The second kappa shape index (κ2) is 9.00. The van der Waals surface area contributed by atoms with E-state index in [9.17, 15) is 9.59 Å². The van der Waals surface area contributed by atoms with Gasteiger partial charge in [-0.2, -0.15) is 0 Å². The van der Waals surface area contributed by atoms with Gasteiger partial charge in [-0.15, -0.1) is 0 Å². The van der Waals surface area contributed by atoms with Crippen molar-refractivity contribution in [3.8, 4) is 0 Å². The minimum Gasteiger partial charge on any atom is -0.338 e. The molecule has 166 valence electrons. The predicted molar refractivity (Wildman–Crippen MR) is 127 cm³/mol. The maximum absolute atomic E-state index is 12.4. The molecule has 1 fully saturated rings. The second-order valence-corrected chi connectivity index (χ2v) is 9.34. The summed E-state index contributed by atoms with van der Waals surface area (Å²) in [5, 5.41) is 11.9. The molecule has 0 bridgehead atoms. The van der Waals surface area contributed by atoms with Crippen LogP contribution < -0.4 is 21.3 Å². The van der Waals surface area contributed by atoms with Gasteiger partial charge in [-0.3, -0.25) is 0 Å². The van der Waals surface area contributed by atoms with Crippen molar-refractivity contribution >= 4 is 23.4 Å². The number of amides is 4. The average molecular weight is 423 g/mol. The van der Waals surface area contributed by atoms with E-state index in [-0.39, 0.29) is 23.5 Å². The fraction of sp³-hybridized carbons (Fsp3) is 0.440. The van der Waals surface area contributed by atoms with Gasteiger partial charge in [0.05, 0.1) is 0 Å². The molecule has 0 saturated heterocycles. The van der Waals surface area contributed by atoms with Gasteiger partial charge in [0.2, 0.25) is 0 Å². The smallest absolute Gasteiger partial charge is 0.319 e. The zero-order valence-electron chi connectivity index (χ0n) is 19.3. The first-order valence-electron chi connectivity index (χ1n) is 10.8. The van der Waals surface area contributed by atoms with E-state index in [0.717, 1.165) is 28.9 Å². The van der Waals surface area contributed by atoms with Crippen LogP contribution in [0.5, 0.6) is 0 Å². The minimum absolute atomic E-state index is 0.0636. The third-order valence-corrected chi connectivity index (χ3v) is 6.81. The van der Waals surface area contributed by atoms with Crippen LogP contribution in [-0.4, -0.2) is 24.6 Å². The number of nitrogens with one attached hydrogen (secondary N) is 4. The number of hydrogen-bond donors (Lipinski definition) is 4. The molecule has 4 N–H and O–H groups in total. The maximum Gasteiger partial charge on any atom is 0.319 e. The summed E-state index contributed by atoms with van der Waals surface area (Å²) in [5.41, 5.74) is 6.16. The van der Waals surface area contributed by atoms with Crippen molar-refractivity contribution < 1.29 is 9.59 Å². The van der Waals surface area contributed by atoms with Gasteiger partial charge in [-0.1, -0.05) is 26.0 Å². The van der Waals surface area contributed by atoms with Crippen molar-refractivity contribution in [1.82, 2.24) is 10.6 Å². The highest BCUT2D eigenvalue weighted by Crippen LogP contribution is 2.45. The molecule has 31 heavy (non-hydrogen) atoms. The lowest BCUT2D eigenvalue weighted by molar-refractivity contribution is 0.0244. The molecule has 2 aromatic rings. The van der Waals surface area contributed by atoms with E-state index in [4.69, 9.17) is 0 Å². The van der Waals surface area contributed by atoms with Crippen molar-refractivity contribution in [2.24, 2.45) is 11.3 Å². The normalized spacial score (nSPS) is 19.2. The molecule has 2 aromatic carbocycles. The first-order valence-corrected chi connectivity index (χ1v) is 10.8. The molecule has 0 radical (unpaired) electrons. The Kier molecular flexibility index (Phi) is 6.58. The van der Waals surface area contributed by atoms with Gasteiger partial charge in [0.1, 0.15) is 0 Å². The van der Waals surface area contributed by atoms with Gasteiger partial charge >= 0.3 is 12.1 Å². The van der Waals surface area contributed by atoms with E-state index in [2.05, 4.69) is 35.1 Å². The molecule has 6 nitrogen and oxygen atoms in total. The van der Waals surface area contributed by atoms with Gasteiger partial charge in [0.25, 0.3) is 0 Å². The SMILES string of the molecule is Cc1ccc(NC(=O)NCC2CC(NC(=O)Nc3ccc(C)c(C)c3)C2(C)C)cc1C. The highest BCUT2D eigenvalue weighted by Gasteiger charge is 2.48. The summed E-state index contributed by atoms with van der Waals surface area (Å²) in [6.45, 7) is 13.0. The standard InChI is InChI=1S/C25H34N4O2/c1-15-7-9-20(11-17(15)3)27-23(30)26-14-19-13-22(25(19,5)6)29-24(31)28-21-10-8-16(2)18(4)12-21/h7-12,19,22H,13-14H2,1-6H3,(H2,26,27,30)(H2,28,29,31). The van der Waals surface area contributed by atoms with E-state index in [1.54, 1.807) is 0 Å². The fourth-order valence-electron chi connectivity index (χ4n) is 3.96. The summed E-state index contributed by atoms with van der Waals surface area (Å²) < 4.78 is 0. The molecule has 2 unspecified atom stereocenters. The molecule has 1 aliphatic carbocycles. The Morgan fingerprint density at radius 1 is 0.839 bits per heavy atom. The molecular formula is C25H34N4O2. The second-order valence-electron chi connectivity index (χ2n) is 9.34. The highest BCUT2D eigenvalue weighted by atomic mass is 16.2. The Morgan fingerprint density at radius 3 is 1.84 bits per heavy atom. The molecule has 1 saturated carbocycles. The highest BCUT2D eigenvalue weighted by molar-refractivity contribution is 5.90. The zero-order chi connectivity index (χ0) is 22.8. The maximum atomic E-state index is 12.4. The predicted octanol–water partition coefficient (Wildman–Crippen LogP) is 5.28. The first kappa shape index (κ1) is 22.7. The van der Waals surface area contributed by atoms with Crippen LogP contribution in [0.4, 0.5) is 21.0 Å². The Labute approximate surface area is 185 Å². The van der Waals surface area contributed by atoms with E-state index in [1.807, 2.05) is 64.1 Å². The minimum atomic E-state index is -0.206. The van der Waals surface area contributed by atoms with Crippen molar-refractivity contribution in [1.29, 1.82) is 0 Å². The zero-order valence-corrected chi connectivity index (χ0v) is 19.3. The van der Waals surface area contributed by atoms with Crippen molar-refractivity contribution in [3.05, 3.63) is 58.7 Å². The molecule has 4 amide bonds. The topological polar surface area (TPSA) is 82.3 Å². The number of carbonyl (C=O) groups is 2. The number of rotatable bonds is 5. The largest absolute Gasteiger partial charge is 0.338 e. The van der Waals surface area contributed by atoms with Crippen LogP contribution in [0.15, 0.2) is 36.4 Å². The molecule has 0 heterocycles. The molecule has 6 heteroatoms. The third-order valence-electron chi connectivity index (χ3n) is 6.81. The quantitative estimate of drug-likeness (QED) is 0.529. The summed E-state index contributed by atoms with van der Waals surface area (Å²) in [7, 11) is 0. The Bertz CT molecular complexity index is 983. The summed E-state index contributed by atoms with van der Waals surface area (Å²) in [6, 6.07) is 11.4. The van der Waals surface area contributed by atoms with E-state index in [1.165, 1.54) is 11.1 Å². The van der Waals surface area contributed by atoms with Gasteiger partial charge in [0.15, 0.2) is 0 Å². The van der Waals surface area contributed by atoms with Crippen molar-refractivity contribution in [2.45, 2.75) is 54.0 Å². The Balaban J connectivity index is 1.45. The molecule has 0 aromatic heterocycles. The number of carbonyl (C=O) groups excluding carboxylic acids is 2. The van der Waals surface area contributed by atoms with Crippen LogP contribution in [0.1, 0.15) is 42.5 Å². The number of urea groups is 2. The van der Waals surface area contributed by atoms with Crippen LogP contribution in [-0.2, 0) is 0 Å². The van der Waals surface area contributed by atoms with Gasteiger partial charge in [0, 0.05) is 24.0 Å². The monoisotopic (exact) mass is 422 g/mol. The Morgan fingerprint density at radius 2 is 1.35 bits per heavy atom. The Hall–Kier alpha value is -3.02. The number of anilines is 2. The molecular weight excluding hydrogens is 388 g/mol. The van der Waals surface area contributed by atoms with Crippen LogP contribution in [0, 0.1) is 39.0 Å². The fourth-order valence-corrected chi connectivity index (χ4v) is 3.96. The van der Waals surface area contributed by atoms with Crippen LogP contribution in [0.25, 0.3) is 0 Å². The van der Waals surface area contributed by atoms with Gasteiger partial charge in [-0.05, 0) is 92.0 Å². The van der Waals surface area contributed by atoms with Crippen LogP contribution in [0.3, 0.4) is 0 Å². The van der Waals surface area contributed by atoms with Crippen LogP contribution >= 0.6 is 0 Å². The molecule has 2 atom stereocenters. The summed E-state index contributed by atoms with van der Waals surface area (Å²) in [5.74, 6) is 0.296. The van der Waals surface area contributed by atoms with Gasteiger partial charge in [-0.25, -0.2) is 9.59 Å². The van der Waals surface area contributed by atoms with E-state index < -0.39 is 0 Å². The van der Waals surface area contributed by atoms with Crippen molar-refractivity contribution in [3.63, 3.8) is 0 Å². The summed E-state index contributed by atoms with van der Waals surface area (Å²) in [6.07, 6.45) is 0.831. The van der Waals surface area contributed by atoms with Gasteiger partial charge < -0.3 is 21.3 Å². The first-order chi connectivity index (χ1) is 14.6. The third kappa shape index (κ3) is 5.37. The average Bonchev–Trinajstić information content (AvgIpc) is 2.69. The van der Waals surface area contributed by atoms with Crippen molar-refractivity contribution in [2.75, 3.05) is 17.2 Å².